The van der Waals surface area contributed by atoms with Crippen LogP contribution in [0.5, 0.6) is 5.75 Å². The molecule has 6 nitrogen and oxygen atoms in total. The van der Waals surface area contributed by atoms with Crippen molar-refractivity contribution in [3.63, 3.8) is 0 Å². The molecule has 3 rings (SSSR count). The largest absolute Gasteiger partial charge is 0.490 e. The maximum absolute atomic E-state index is 12.9. The first kappa shape index (κ1) is 22.7. The van der Waals surface area contributed by atoms with Crippen LogP contribution in [0.25, 0.3) is 10.9 Å². The van der Waals surface area contributed by atoms with Crippen molar-refractivity contribution in [2.24, 2.45) is 0 Å². The van der Waals surface area contributed by atoms with Gasteiger partial charge in [0, 0.05) is 29.9 Å². The number of carbonyl (C=O) groups excluding carboxylic acids is 1. The number of carbonyl (C=O) groups is 1. The molecular weight excluding hydrogens is 412 g/mol. The fourth-order valence-electron chi connectivity index (χ4n) is 3.46. The number of Topliss-reactive ketones (excluding diaryl/α,β-unsaturated/α-hetero) is 1. The third-order valence-electron chi connectivity index (χ3n) is 5.08. The number of hydrogen-bond acceptors (Lipinski definition) is 6. The van der Waals surface area contributed by atoms with Crippen molar-refractivity contribution in [1.29, 1.82) is 0 Å². The third kappa shape index (κ3) is 5.41. The Hall–Kier alpha value is -2.93. The number of ether oxygens (including phenoxy) is 1. The van der Waals surface area contributed by atoms with Crippen LogP contribution in [0, 0.1) is 13.8 Å². The smallest absolute Gasteiger partial charge is 0.166 e. The van der Waals surface area contributed by atoms with E-state index in [1.165, 1.54) is 6.26 Å². The van der Waals surface area contributed by atoms with Crippen molar-refractivity contribution in [2.45, 2.75) is 33.6 Å². The Labute approximate surface area is 183 Å². The van der Waals surface area contributed by atoms with E-state index in [2.05, 4.69) is 10.3 Å². The van der Waals surface area contributed by atoms with Gasteiger partial charge in [-0.2, -0.15) is 0 Å². The number of sulfone groups is 1. The van der Waals surface area contributed by atoms with Crippen molar-refractivity contribution < 1.29 is 17.9 Å². The molecule has 0 unspecified atom stereocenters. The first-order valence-corrected chi connectivity index (χ1v) is 12.4. The molecule has 164 valence electrons. The number of pyridine rings is 1. The van der Waals surface area contributed by atoms with Crippen LogP contribution in [0.1, 0.15) is 41.3 Å². The topological polar surface area (TPSA) is 85.4 Å². The van der Waals surface area contributed by atoms with E-state index < -0.39 is 9.84 Å². The number of ketones is 1. The number of hydrogen-bond donors (Lipinski definition) is 1. The average Bonchev–Trinajstić information content (AvgIpc) is 2.70. The Balaban J connectivity index is 2.12. The van der Waals surface area contributed by atoms with E-state index in [1.54, 1.807) is 12.3 Å². The van der Waals surface area contributed by atoms with Gasteiger partial charge in [0.05, 0.1) is 17.0 Å². The Kier molecular flexibility index (Phi) is 6.95. The van der Waals surface area contributed by atoms with Crippen LogP contribution in [0.2, 0.25) is 0 Å². The summed E-state index contributed by atoms with van der Waals surface area (Å²) in [6.45, 7) is 6.05. The zero-order chi connectivity index (χ0) is 22.6. The zero-order valence-corrected chi connectivity index (χ0v) is 19.2. The lowest BCUT2D eigenvalue weighted by atomic mass is 10.0. The van der Waals surface area contributed by atoms with Crippen LogP contribution in [0.15, 0.2) is 42.6 Å². The lowest BCUT2D eigenvalue weighted by Gasteiger charge is -2.18. The molecule has 0 aliphatic carbocycles. The number of para-hydroxylation sites is 2. The molecule has 1 aromatic heterocycles. The van der Waals surface area contributed by atoms with Gasteiger partial charge in [0.2, 0.25) is 0 Å². The van der Waals surface area contributed by atoms with E-state index in [-0.39, 0.29) is 18.1 Å². The summed E-state index contributed by atoms with van der Waals surface area (Å²) in [6.07, 6.45) is 3.93. The molecule has 0 saturated heterocycles. The lowest BCUT2D eigenvalue weighted by molar-refractivity contribution is 0.0982. The van der Waals surface area contributed by atoms with Gasteiger partial charge in [0.15, 0.2) is 15.6 Å². The van der Waals surface area contributed by atoms with Crippen LogP contribution in [-0.4, -0.2) is 37.8 Å². The summed E-state index contributed by atoms with van der Waals surface area (Å²) in [6, 6.07) is 11.5. The molecule has 2 aromatic carbocycles. The Bertz CT molecular complexity index is 1200. The molecular formula is C24H28N2O4S. The minimum atomic E-state index is -3.13. The monoisotopic (exact) mass is 440 g/mol. The summed E-state index contributed by atoms with van der Waals surface area (Å²) in [5.74, 6) is 0.429. The van der Waals surface area contributed by atoms with Gasteiger partial charge in [-0.15, -0.1) is 0 Å². The number of nitrogens with one attached hydrogen (secondary N) is 1. The summed E-state index contributed by atoms with van der Waals surface area (Å²) in [5.41, 5.74) is 4.89. The van der Waals surface area contributed by atoms with Gasteiger partial charge in [-0.3, -0.25) is 9.78 Å². The minimum absolute atomic E-state index is 0.0223. The van der Waals surface area contributed by atoms with E-state index >= 15 is 0 Å². The molecule has 0 bridgehead atoms. The van der Waals surface area contributed by atoms with Crippen LogP contribution < -0.4 is 10.1 Å². The molecule has 7 heteroatoms. The second-order valence-corrected chi connectivity index (χ2v) is 10.0. The predicted octanol–water partition coefficient (Wildman–Crippen LogP) is 5.00. The van der Waals surface area contributed by atoms with Gasteiger partial charge < -0.3 is 10.1 Å². The first-order valence-electron chi connectivity index (χ1n) is 10.3. The van der Waals surface area contributed by atoms with Crippen molar-refractivity contribution in [3.05, 3.63) is 59.3 Å². The van der Waals surface area contributed by atoms with E-state index in [4.69, 9.17) is 4.74 Å². The zero-order valence-electron chi connectivity index (χ0n) is 18.4. The highest BCUT2D eigenvalue weighted by Gasteiger charge is 2.18. The fourth-order valence-corrected chi connectivity index (χ4v) is 3.85. The third-order valence-corrected chi connectivity index (χ3v) is 5.99. The number of aryl methyl sites for hydroxylation is 2. The van der Waals surface area contributed by atoms with Crippen molar-refractivity contribution in [1.82, 2.24) is 4.98 Å². The molecule has 0 amide bonds. The quantitative estimate of drug-likeness (QED) is 0.471. The first-order chi connectivity index (χ1) is 14.7. The molecule has 0 aliphatic rings. The van der Waals surface area contributed by atoms with Gasteiger partial charge in [0.1, 0.15) is 17.9 Å². The molecule has 1 heterocycles. The standard InChI is InChI=1S/C24H28N2O4S/c1-5-8-20(27)19-15-25-24-18(11-7-12-21(24)30-13-14-31(4,28)29)23(19)26-22-16(2)9-6-10-17(22)3/h6-7,9-12,15H,5,8,13-14H2,1-4H3,(H,25,26). The highest BCUT2D eigenvalue weighted by Crippen LogP contribution is 2.35. The second-order valence-electron chi connectivity index (χ2n) is 7.74. The molecule has 0 fully saturated rings. The Morgan fingerprint density at radius 1 is 1.06 bits per heavy atom. The van der Waals surface area contributed by atoms with E-state index in [9.17, 15) is 13.2 Å². The predicted molar refractivity (Wildman–Crippen MR) is 125 cm³/mol. The number of fused-ring (bicyclic) bond motifs is 1. The van der Waals surface area contributed by atoms with Crippen LogP contribution >= 0.6 is 0 Å². The van der Waals surface area contributed by atoms with E-state index in [1.807, 2.05) is 51.1 Å². The fraction of sp³-hybridized carbons (Fsp3) is 0.333. The number of aromatic nitrogens is 1. The van der Waals surface area contributed by atoms with Crippen LogP contribution in [0.4, 0.5) is 11.4 Å². The maximum Gasteiger partial charge on any atom is 0.166 e. The van der Waals surface area contributed by atoms with Gasteiger partial charge in [-0.1, -0.05) is 37.3 Å². The molecule has 0 spiro atoms. The summed E-state index contributed by atoms with van der Waals surface area (Å²) in [4.78, 5) is 17.4. The van der Waals surface area contributed by atoms with Crippen molar-refractivity contribution >= 4 is 37.9 Å². The van der Waals surface area contributed by atoms with E-state index in [0.717, 1.165) is 28.6 Å². The Morgan fingerprint density at radius 2 is 1.74 bits per heavy atom. The molecule has 0 atom stereocenters. The van der Waals surface area contributed by atoms with Crippen molar-refractivity contribution in [3.8, 4) is 5.75 Å². The number of anilines is 2. The molecule has 0 aliphatic heterocycles. The summed E-state index contributed by atoms with van der Waals surface area (Å²) in [5, 5.41) is 4.24. The van der Waals surface area contributed by atoms with Crippen LogP contribution in [0.3, 0.4) is 0 Å². The Morgan fingerprint density at radius 3 is 2.39 bits per heavy atom. The SMILES string of the molecule is CCCC(=O)c1cnc2c(OCCS(C)(=O)=O)cccc2c1Nc1c(C)cccc1C. The molecule has 0 radical (unpaired) electrons. The number of rotatable bonds is 9. The molecule has 3 aromatic rings. The normalized spacial score (nSPS) is 11.5. The van der Waals surface area contributed by atoms with Gasteiger partial charge in [-0.25, -0.2) is 8.42 Å². The minimum Gasteiger partial charge on any atom is -0.490 e. The van der Waals surface area contributed by atoms with Gasteiger partial charge in [0.25, 0.3) is 0 Å². The summed E-state index contributed by atoms with van der Waals surface area (Å²) >= 11 is 0. The molecule has 31 heavy (non-hydrogen) atoms. The highest BCUT2D eigenvalue weighted by molar-refractivity contribution is 7.90. The maximum atomic E-state index is 12.9. The van der Waals surface area contributed by atoms with Crippen molar-refractivity contribution in [2.75, 3.05) is 23.9 Å². The second kappa shape index (κ2) is 9.47. The number of benzene rings is 2. The summed E-state index contributed by atoms with van der Waals surface area (Å²) in [7, 11) is -3.13. The van der Waals surface area contributed by atoms with E-state index in [0.29, 0.717) is 28.9 Å². The summed E-state index contributed by atoms with van der Waals surface area (Å²) < 4.78 is 28.6. The molecule has 1 N–H and O–H groups in total. The van der Waals surface area contributed by atoms with Gasteiger partial charge in [-0.05, 0) is 37.5 Å². The number of nitrogens with zero attached hydrogens (tertiary/aromatic N) is 1. The lowest BCUT2D eigenvalue weighted by Crippen LogP contribution is -2.12. The highest BCUT2D eigenvalue weighted by atomic mass is 32.2. The van der Waals surface area contributed by atoms with Crippen LogP contribution in [-0.2, 0) is 9.84 Å². The average molecular weight is 441 g/mol. The van der Waals surface area contributed by atoms with Gasteiger partial charge >= 0.3 is 0 Å². The molecule has 0 saturated carbocycles.